The zero-order valence-electron chi connectivity index (χ0n) is 14.8. The fourth-order valence-corrected chi connectivity index (χ4v) is 2.67. The summed E-state index contributed by atoms with van der Waals surface area (Å²) in [7, 11) is 3.00. The van der Waals surface area contributed by atoms with Crippen LogP contribution in [0.15, 0.2) is 46.3 Å². The molecule has 0 aliphatic carbocycles. The smallest absolute Gasteiger partial charge is 0.332 e. The quantitative estimate of drug-likeness (QED) is 0.637. The molecule has 27 heavy (non-hydrogen) atoms. The molecular weight excluding hydrogens is 352 g/mol. The fourth-order valence-electron chi connectivity index (χ4n) is 2.67. The predicted octanol–water partition coefficient (Wildman–Crippen LogP) is 0.611. The molecule has 0 fully saturated rings. The molecule has 0 saturated carbocycles. The average molecular weight is 370 g/mol. The Bertz CT molecular complexity index is 1140. The Hall–Kier alpha value is -3.62. The normalized spacial score (nSPS) is 11.3. The molecule has 0 aliphatic rings. The lowest BCUT2D eigenvalue weighted by atomic mass is 10.2. The summed E-state index contributed by atoms with van der Waals surface area (Å²) in [6.45, 7) is 0.673. The van der Waals surface area contributed by atoms with Gasteiger partial charge in [-0.15, -0.1) is 0 Å². The van der Waals surface area contributed by atoms with E-state index in [2.05, 4.69) is 4.98 Å². The second kappa shape index (κ2) is 7.32. The summed E-state index contributed by atoms with van der Waals surface area (Å²) in [5, 5.41) is 8.62. The lowest BCUT2D eigenvalue weighted by molar-refractivity contribution is -0.131. The van der Waals surface area contributed by atoms with Crippen LogP contribution in [0.5, 0.6) is 5.75 Å². The van der Waals surface area contributed by atoms with E-state index in [1.54, 1.807) is 35.9 Å². The molecule has 3 rings (SSSR count). The molecule has 0 spiro atoms. The number of imidazole rings is 1. The molecule has 0 amide bonds. The van der Waals surface area contributed by atoms with E-state index in [-0.39, 0.29) is 0 Å². The molecule has 0 aliphatic heterocycles. The van der Waals surface area contributed by atoms with Gasteiger partial charge in [0, 0.05) is 20.2 Å². The summed E-state index contributed by atoms with van der Waals surface area (Å²) >= 11 is 0. The van der Waals surface area contributed by atoms with Gasteiger partial charge in [-0.2, -0.15) is 0 Å². The van der Waals surface area contributed by atoms with Gasteiger partial charge in [-0.1, -0.05) is 12.1 Å². The van der Waals surface area contributed by atoms with E-state index in [4.69, 9.17) is 9.84 Å². The highest BCUT2D eigenvalue weighted by molar-refractivity contribution is 5.85. The van der Waals surface area contributed by atoms with E-state index in [0.717, 1.165) is 16.2 Å². The summed E-state index contributed by atoms with van der Waals surface area (Å²) < 4.78 is 9.70. The Balaban J connectivity index is 1.72. The fraction of sp³-hybridized carbons (Fsp3) is 0.222. The van der Waals surface area contributed by atoms with Gasteiger partial charge in [0.25, 0.3) is 5.56 Å². The van der Waals surface area contributed by atoms with Gasteiger partial charge in [-0.3, -0.25) is 13.9 Å². The molecule has 0 unspecified atom stereocenters. The topological polar surface area (TPSA) is 108 Å². The SMILES string of the molecule is Cn1c(=O)c2c(ncn2CCOc2ccc(/C=C/C(=O)O)cc2)n(C)c1=O. The van der Waals surface area contributed by atoms with Gasteiger partial charge >= 0.3 is 11.7 Å². The lowest BCUT2D eigenvalue weighted by Gasteiger charge is -2.09. The Kier molecular flexibility index (Phi) is 4.93. The first-order chi connectivity index (χ1) is 12.9. The van der Waals surface area contributed by atoms with Crippen molar-refractivity contribution in [1.29, 1.82) is 0 Å². The Morgan fingerprint density at radius 2 is 1.89 bits per heavy atom. The number of aryl methyl sites for hydroxylation is 1. The minimum atomic E-state index is -1.01. The van der Waals surface area contributed by atoms with Crippen LogP contribution in [0.1, 0.15) is 5.56 Å². The Labute approximate surface area is 153 Å². The highest BCUT2D eigenvalue weighted by Gasteiger charge is 2.14. The molecule has 0 saturated heterocycles. The van der Waals surface area contributed by atoms with Crippen molar-refractivity contribution in [2.45, 2.75) is 6.54 Å². The van der Waals surface area contributed by atoms with Crippen molar-refractivity contribution in [2.75, 3.05) is 6.61 Å². The molecule has 2 heterocycles. The summed E-state index contributed by atoms with van der Waals surface area (Å²) in [5.41, 5.74) is 0.594. The second-order valence-electron chi connectivity index (χ2n) is 5.91. The highest BCUT2D eigenvalue weighted by atomic mass is 16.5. The van der Waals surface area contributed by atoms with E-state index >= 15 is 0 Å². The molecule has 3 aromatic rings. The van der Waals surface area contributed by atoms with Crippen LogP contribution in [0.25, 0.3) is 17.2 Å². The second-order valence-corrected chi connectivity index (χ2v) is 5.91. The number of carbonyl (C=O) groups is 1. The van der Waals surface area contributed by atoms with Gasteiger partial charge in [-0.25, -0.2) is 14.6 Å². The van der Waals surface area contributed by atoms with Crippen LogP contribution in [-0.2, 0) is 25.4 Å². The van der Waals surface area contributed by atoms with Crippen molar-refractivity contribution in [1.82, 2.24) is 18.7 Å². The average Bonchev–Trinajstić information content (AvgIpc) is 3.08. The number of aromatic nitrogens is 4. The summed E-state index contributed by atoms with van der Waals surface area (Å²) in [5.74, 6) is -0.390. The summed E-state index contributed by atoms with van der Waals surface area (Å²) in [4.78, 5) is 39.0. The van der Waals surface area contributed by atoms with Crippen LogP contribution in [0.2, 0.25) is 0 Å². The molecular formula is C18H18N4O5. The van der Waals surface area contributed by atoms with Crippen molar-refractivity contribution in [2.24, 2.45) is 14.1 Å². The van der Waals surface area contributed by atoms with E-state index < -0.39 is 17.2 Å². The zero-order chi connectivity index (χ0) is 19.6. The van der Waals surface area contributed by atoms with Crippen molar-refractivity contribution in [3.8, 4) is 5.75 Å². The number of benzene rings is 1. The minimum Gasteiger partial charge on any atom is -0.492 e. The van der Waals surface area contributed by atoms with E-state index in [9.17, 15) is 14.4 Å². The monoisotopic (exact) mass is 370 g/mol. The van der Waals surface area contributed by atoms with Crippen molar-refractivity contribution in [3.63, 3.8) is 0 Å². The number of fused-ring (bicyclic) bond motifs is 1. The van der Waals surface area contributed by atoms with Crippen molar-refractivity contribution < 1.29 is 14.6 Å². The minimum absolute atomic E-state index is 0.293. The molecule has 9 nitrogen and oxygen atoms in total. The molecule has 1 aromatic carbocycles. The number of aliphatic carboxylic acids is 1. The van der Waals surface area contributed by atoms with Gasteiger partial charge in [0.15, 0.2) is 11.2 Å². The first kappa shape index (κ1) is 18.2. The van der Waals surface area contributed by atoms with Gasteiger partial charge in [-0.05, 0) is 23.8 Å². The Morgan fingerprint density at radius 1 is 1.19 bits per heavy atom. The van der Waals surface area contributed by atoms with Gasteiger partial charge < -0.3 is 14.4 Å². The maximum Gasteiger partial charge on any atom is 0.332 e. The molecule has 2 aromatic heterocycles. The third kappa shape index (κ3) is 3.66. The van der Waals surface area contributed by atoms with Gasteiger partial charge in [0.05, 0.1) is 12.9 Å². The number of hydrogen-bond donors (Lipinski definition) is 1. The standard InChI is InChI=1S/C18H18N4O5/c1-20-16-15(17(25)21(2)18(20)26)22(11-19-16)9-10-27-13-6-3-12(4-7-13)5-8-14(23)24/h3-8,11H,9-10H2,1-2H3,(H,23,24)/b8-5+. The molecule has 1 N–H and O–H groups in total. The van der Waals surface area contributed by atoms with Crippen molar-refractivity contribution >= 4 is 23.2 Å². The summed E-state index contributed by atoms with van der Waals surface area (Å²) in [6, 6.07) is 6.95. The number of hydrogen-bond acceptors (Lipinski definition) is 5. The number of nitrogens with zero attached hydrogens (tertiary/aromatic N) is 4. The third-order valence-electron chi connectivity index (χ3n) is 4.12. The van der Waals surface area contributed by atoms with Crippen molar-refractivity contribution in [3.05, 3.63) is 63.1 Å². The number of rotatable bonds is 6. The number of ether oxygens (including phenoxy) is 1. The molecule has 0 bridgehead atoms. The van der Waals surface area contributed by atoms with Crippen LogP contribution < -0.4 is 16.0 Å². The maximum absolute atomic E-state index is 12.4. The highest BCUT2D eigenvalue weighted by Crippen LogP contribution is 2.13. The van der Waals surface area contributed by atoms with Crippen LogP contribution >= 0.6 is 0 Å². The molecule has 140 valence electrons. The van der Waals surface area contributed by atoms with E-state index in [1.807, 2.05) is 0 Å². The van der Waals surface area contributed by atoms with Crippen LogP contribution in [0.4, 0.5) is 0 Å². The summed E-state index contributed by atoms with van der Waals surface area (Å²) in [6.07, 6.45) is 4.06. The lowest BCUT2D eigenvalue weighted by Crippen LogP contribution is -2.37. The Morgan fingerprint density at radius 3 is 2.56 bits per heavy atom. The maximum atomic E-state index is 12.4. The van der Waals surface area contributed by atoms with Crippen LogP contribution in [0, 0.1) is 0 Å². The largest absolute Gasteiger partial charge is 0.492 e. The first-order valence-corrected chi connectivity index (χ1v) is 8.13. The van der Waals surface area contributed by atoms with Gasteiger partial charge in [0.2, 0.25) is 0 Å². The zero-order valence-corrected chi connectivity index (χ0v) is 14.8. The number of carboxylic acids is 1. The molecule has 0 atom stereocenters. The predicted molar refractivity (Wildman–Crippen MR) is 98.8 cm³/mol. The van der Waals surface area contributed by atoms with E-state index in [0.29, 0.717) is 30.1 Å². The molecule has 9 heteroatoms. The first-order valence-electron chi connectivity index (χ1n) is 8.13. The van der Waals surface area contributed by atoms with Crippen LogP contribution in [-0.4, -0.2) is 36.4 Å². The van der Waals surface area contributed by atoms with E-state index in [1.165, 1.54) is 24.0 Å². The van der Waals surface area contributed by atoms with Crippen LogP contribution in [0.3, 0.4) is 0 Å². The number of carboxylic acid groups (broad SMARTS) is 1. The molecule has 0 radical (unpaired) electrons. The third-order valence-corrected chi connectivity index (χ3v) is 4.12. The van der Waals surface area contributed by atoms with Gasteiger partial charge in [0.1, 0.15) is 12.4 Å².